The maximum Gasteiger partial charge on any atom is 0.305 e. The molecular weight excluding hydrogens is 468 g/mol. The van der Waals surface area contributed by atoms with Crippen LogP contribution in [0.4, 0.5) is 0 Å². The molecule has 2 rings (SSSR count). The number of halogens is 2. The Morgan fingerprint density at radius 3 is 1.46 bits per heavy atom. The van der Waals surface area contributed by atoms with E-state index in [9.17, 15) is 29.4 Å². The molecule has 0 unspecified atom stereocenters. The third-order valence-electron chi connectivity index (χ3n) is 2.10. The number of hydrogen-bond acceptors (Lipinski definition) is 6. The molecule has 0 saturated heterocycles. The van der Waals surface area contributed by atoms with Gasteiger partial charge in [0.25, 0.3) is 0 Å². The Kier molecular flexibility index (Phi) is 17.0. The van der Waals surface area contributed by atoms with E-state index >= 15 is 0 Å². The molecule has 6 N–H and O–H groups in total. The van der Waals surface area contributed by atoms with Crippen LogP contribution in [0.25, 0.3) is 0 Å². The first kappa shape index (κ1) is 27.3. The molecule has 0 saturated carbocycles. The first-order chi connectivity index (χ1) is 13.1. The first-order valence-corrected chi connectivity index (χ1v) is 8.54. The molecule has 2 heterocycles. The van der Waals surface area contributed by atoms with Crippen molar-refractivity contribution >= 4 is 51.4 Å². The zero-order valence-corrected chi connectivity index (χ0v) is 16.5. The number of aromatic amines is 4. The largest absolute Gasteiger partial charge is 0.549 e. The molecule has 2 atom stereocenters. The summed E-state index contributed by atoms with van der Waals surface area (Å²) in [4.78, 5) is 49.2. The highest BCUT2D eigenvalue weighted by molar-refractivity contribution is 9.10. The van der Waals surface area contributed by atoms with Crippen molar-refractivity contribution < 1.29 is 49.6 Å². The van der Waals surface area contributed by atoms with Gasteiger partial charge in [-0.1, -0.05) is 15.9 Å². The molecule has 0 aliphatic carbocycles. The van der Waals surface area contributed by atoms with E-state index in [1.54, 1.807) is 12.7 Å². The van der Waals surface area contributed by atoms with Gasteiger partial charge in [-0.15, -0.1) is 11.6 Å². The van der Waals surface area contributed by atoms with E-state index in [2.05, 4.69) is 35.9 Å². The van der Waals surface area contributed by atoms with E-state index in [0.717, 1.165) is 0 Å². The number of carbonyl (C=O) groups excluding carboxylic acids is 2. The van der Waals surface area contributed by atoms with Gasteiger partial charge in [0.15, 0.2) is 0 Å². The van der Waals surface area contributed by atoms with Gasteiger partial charge in [0.1, 0.15) is 24.8 Å². The lowest BCUT2D eigenvalue weighted by molar-refractivity contribution is -0.376. The van der Waals surface area contributed by atoms with Crippen LogP contribution in [0.5, 0.6) is 0 Å². The van der Waals surface area contributed by atoms with Crippen LogP contribution in [-0.2, 0) is 19.2 Å². The van der Waals surface area contributed by atoms with Crippen LogP contribution in [0.2, 0.25) is 0 Å². The molecular formula is C14H18BrClN4O8. The predicted octanol–water partition coefficient (Wildman–Crippen LogP) is -2.55. The van der Waals surface area contributed by atoms with E-state index in [1.807, 2.05) is 24.8 Å². The lowest BCUT2D eigenvalue weighted by atomic mass is 10.3. The van der Waals surface area contributed by atoms with Crippen molar-refractivity contribution in [3.05, 3.63) is 37.4 Å². The molecule has 28 heavy (non-hydrogen) atoms. The quantitative estimate of drug-likeness (QED) is 0.319. The van der Waals surface area contributed by atoms with Gasteiger partial charge in [-0.25, -0.2) is 0 Å². The second-order valence-corrected chi connectivity index (χ2v) is 6.02. The number of carboxylic acid groups (broad SMARTS) is 4. The van der Waals surface area contributed by atoms with Crippen molar-refractivity contribution in [2.24, 2.45) is 0 Å². The third-order valence-corrected chi connectivity index (χ3v) is 3.13. The molecule has 14 heteroatoms. The first-order valence-electron chi connectivity index (χ1n) is 7.19. The molecule has 2 aromatic rings. The average Bonchev–Trinajstić information content (AvgIpc) is 3.32. The Labute approximate surface area is 171 Å². The number of nitrogens with one attached hydrogen (secondary N) is 4. The van der Waals surface area contributed by atoms with E-state index in [-0.39, 0.29) is 0 Å². The number of aliphatic carboxylic acids is 4. The van der Waals surface area contributed by atoms with Crippen LogP contribution in [-0.4, -0.2) is 54.3 Å². The Hall–Kier alpha value is -2.93. The molecule has 0 amide bonds. The number of rotatable bonds is 6. The van der Waals surface area contributed by atoms with Crippen LogP contribution in [0, 0.1) is 0 Å². The number of H-pyrrole nitrogens is 4. The number of aromatic nitrogens is 4. The standard InChI is InChI=1S/C4H5BrO4.C4H5ClO4.2C3H4N2/c2*5-2(4(8)9)1-3(6)7;2*1-2-5-3-4-1/h2*2H,1H2,(H,6,7)(H,8,9);2*1-3H,(H,4,5)/t2*2-;;/m10../s1. The summed E-state index contributed by atoms with van der Waals surface area (Å²) in [7, 11) is 0. The fourth-order valence-electron chi connectivity index (χ4n) is 0.954. The Bertz CT molecular complexity index is 576. The summed E-state index contributed by atoms with van der Waals surface area (Å²) in [5.41, 5.74) is 0. The lowest BCUT2D eigenvalue weighted by Crippen LogP contribution is -2.33. The summed E-state index contributed by atoms with van der Waals surface area (Å²) in [5.74, 6) is -5.38. The number of imidazole rings is 2. The summed E-state index contributed by atoms with van der Waals surface area (Å²) in [6.07, 6.45) is 9.71. The van der Waals surface area contributed by atoms with Gasteiger partial charge in [-0.2, -0.15) is 0 Å². The molecule has 0 radical (unpaired) electrons. The van der Waals surface area contributed by atoms with E-state index in [0.29, 0.717) is 0 Å². The molecule has 0 spiro atoms. The average molecular weight is 486 g/mol. The molecule has 156 valence electrons. The van der Waals surface area contributed by atoms with Gasteiger partial charge in [0.05, 0.1) is 35.0 Å². The van der Waals surface area contributed by atoms with Gasteiger partial charge in [0, 0.05) is 0 Å². The highest BCUT2D eigenvalue weighted by Gasteiger charge is 2.09. The van der Waals surface area contributed by atoms with E-state index < -0.39 is 46.9 Å². The highest BCUT2D eigenvalue weighted by atomic mass is 79.9. The van der Waals surface area contributed by atoms with Crippen LogP contribution in [0.3, 0.4) is 0 Å². The highest BCUT2D eigenvalue weighted by Crippen LogP contribution is 2.02. The maximum absolute atomic E-state index is 9.81. The summed E-state index contributed by atoms with van der Waals surface area (Å²) in [5, 5.41) is 34.1. The fraction of sp³-hybridized carbons (Fsp3) is 0.286. The molecule has 0 bridgehead atoms. The topological polar surface area (TPSA) is 215 Å². The fourth-order valence-corrected chi connectivity index (χ4v) is 1.36. The van der Waals surface area contributed by atoms with Crippen molar-refractivity contribution in [2.45, 2.75) is 23.0 Å². The molecule has 12 nitrogen and oxygen atoms in total. The summed E-state index contributed by atoms with van der Waals surface area (Å²) in [6, 6.07) is 0. The number of carboxylic acids is 4. The summed E-state index contributed by atoms with van der Waals surface area (Å²) in [6.45, 7) is 0. The zero-order valence-electron chi connectivity index (χ0n) is 14.1. The molecule has 0 aromatic carbocycles. The van der Waals surface area contributed by atoms with Crippen LogP contribution >= 0.6 is 27.5 Å². The summed E-state index contributed by atoms with van der Waals surface area (Å²) >= 11 is 7.57. The van der Waals surface area contributed by atoms with Crippen LogP contribution in [0.1, 0.15) is 12.8 Å². The predicted molar refractivity (Wildman–Crippen MR) is 91.6 cm³/mol. The minimum Gasteiger partial charge on any atom is -0.549 e. The molecule has 2 aromatic heterocycles. The molecule has 0 aliphatic rings. The van der Waals surface area contributed by atoms with Crippen molar-refractivity contribution in [1.29, 1.82) is 0 Å². The normalized spacial score (nSPS) is 10.9. The number of carbonyl (C=O) groups is 4. The van der Waals surface area contributed by atoms with Crippen molar-refractivity contribution in [3.8, 4) is 0 Å². The number of hydrogen-bond donors (Lipinski definition) is 4. The van der Waals surface area contributed by atoms with Crippen molar-refractivity contribution in [3.63, 3.8) is 0 Å². The minimum absolute atomic E-state index is 0.456. The SMILES string of the molecule is O=C(O)C[C@@H](Br)C(=O)[O-].O=C(O)C[C@H](Cl)C(=O)[O-].c1c[nH+]c[nH]1.c1c[nH+]c[nH]1. The van der Waals surface area contributed by atoms with Gasteiger partial charge < -0.3 is 30.0 Å². The van der Waals surface area contributed by atoms with Crippen LogP contribution < -0.4 is 20.2 Å². The van der Waals surface area contributed by atoms with E-state index in [1.165, 1.54) is 0 Å². The van der Waals surface area contributed by atoms with Gasteiger partial charge in [-0.3, -0.25) is 29.5 Å². The lowest BCUT2D eigenvalue weighted by Gasteiger charge is -2.05. The second-order valence-electron chi connectivity index (χ2n) is 4.39. The number of alkyl halides is 2. The molecule has 0 fully saturated rings. The Morgan fingerprint density at radius 2 is 1.36 bits per heavy atom. The second kappa shape index (κ2) is 17.5. The third kappa shape index (κ3) is 21.1. The van der Waals surface area contributed by atoms with Crippen molar-refractivity contribution in [1.82, 2.24) is 9.97 Å². The Morgan fingerprint density at radius 1 is 0.929 bits per heavy atom. The minimum atomic E-state index is -1.56. The Balaban J connectivity index is 0. The van der Waals surface area contributed by atoms with Gasteiger partial charge in [-0.05, 0) is 0 Å². The maximum atomic E-state index is 9.81. The van der Waals surface area contributed by atoms with Crippen LogP contribution in [0.15, 0.2) is 37.4 Å². The van der Waals surface area contributed by atoms with E-state index in [4.69, 9.17) is 21.8 Å². The summed E-state index contributed by atoms with van der Waals surface area (Å²) < 4.78 is 0. The molecule has 0 aliphatic heterocycles. The van der Waals surface area contributed by atoms with Crippen molar-refractivity contribution in [2.75, 3.05) is 0 Å². The van der Waals surface area contributed by atoms with Gasteiger partial charge in [0.2, 0.25) is 12.7 Å². The monoisotopic (exact) mass is 484 g/mol. The van der Waals surface area contributed by atoms with Gasteiger partial charge >= 0.3 is 11.9 Å². The zero-order chi connectivity index (χ0) is 21.9. The smallest absolute Gasteiger partial charge is 0.305 e.